The second-order valence-electron chi connectivity index (χ2n) is 6.28. The molecule has 126 valence electrons. The SMILES string of the molecule is CNc1nc(C)c(C(=O)N2CCC(C(=O)N3CCCC3)CC2)s1. The van der Waals surface area contributed by atoms with E-state index in [2.05, 4.69) is 10.3 Å². The van der Waals surface area contributed by atoms with Crippen molar-refractivity contribution in [2.24, 2.45) is 5.92 Å². The maximum Gasteiger partial charge on any atom is 0.265 e. The van der Waals surface area contributed by atoms with Crippen molar-refractivity contribution < 1.29 is 9.59 Å². The van der Waals surface area contributed by atoms with Crippen LogP contribution < -0.4 is 5.32 Å². The Morgan fingerprint density at radius 1 is 1.13 bits per heavy atom. The van der Waals surface area contributed by atoms with Gasteiger partial charge in [0, 0.05) is 39.1 Å². The van der Waals surface area contributed by atoms with Crippen molar-refractivity contribution in [2.75, 3.05) is 38.5 Å². The summed E-state index contributed by atoms with van der Waals surface area (Å²) in [6.45, 7) is 5.01. The smallest absolute Gasteiger partial charge is 0.265 e. The number of rotatable bonds is 3. The van der Waals surface area contributed by atoms with Gasteiger partial charge in [-0.1, -0.05) is 11.3 Å². The number of carbonyl (C=O) groups excluding carboxylic acids is 2. The summed E-state index contributed by atoms with van der Waals surface area (Å²) in [5.41, 5.74) is 0.777. The Labute approximate surface area is 140 Å². The minimum Gasteiger partial charge on any atom is -0.365 e. The fraction of sp³-hybridized carbons (Fsp3) is 0.688. The van der Waals surface area contributed by atoms with Crippen molar-refractivity contribution in [3.63, 3.8) is 0 Å². The van der Waals surface area contributed by atoms with Crippen molar-refractivity contribution in [1.82, 2.24) is 14.8 Å². The highest BCUT2D eigenvalue weighted by molar-refractivity contribution is 7.17. The largest absolute Gasteiger partial charge is 0.365 e. The Morgan fingerprint density at radius 3 is 2.35 bits per heavy atom. The van der Waals surface area contributed by atoms with Crippen LogP contribution in [0.25, 0.3) is 0 Å². The molecule has 6 nitrogen and oxygen atoms in total. The van der Waals surface area contributed by atoms with Gasteiger partial charge in [0.1, 0.15) is 4.88 Å². The first-order chi connectivity index (χ1) is 11.1. The summed E-state index contributed by atoms with van der Waals surface area (Å²) >= 11 is 1.40. The van der Waals surface area contributed by atoms with Crippen LogP contribution in [0.3, 0.4) is 0 Å². The van der Waals surface area contributed by atoms with Gasteiger partial charge in [0.25, 0.3) is 5.91 Å². The zero-order valence-corrected chi connectivity index (χ0v) is 14.6. The number of aryl methyl sites for hydroxylation is 1. The lowest BCUT2D eigenvalue weighted by Gasteiger charge is -2.33. The van der Waals surface area contributed by atoms with Crippen LogP contribution in [0.4, 0.5) is 5.13 Å². The number of thiazole rings is 1. The van der Waals surface area contributed by atoms with Gasteiger partial charge in [-0.15, -0.1) is 0 Å². The number of nitrogens with one attached hydrogen (secondary N) is 1. The van der Waals surface area contributed by atoms with Crippen LogP contribution in [-0.2, 0) is 4.79 Å². The molecule has 1 N–H and O–H groups in total. The molecule has 0 bridgehead atoms. The molecule has 0 unspecified atom stereocenters. The van der Waals surface area contributed by atoms with E-state index in [1.807, 2.05) is 23.8 Å². The number of carbonyl (C=O) groups is 2. The summed E-state index contributed by atoms with van der Waals surface area (Å²) in [6.07, 6.45) is 3.80. The first-order valence-corrected chi connectivity index (χ1v) is 9.15. The van der Waals surface area contributed by atoms with E-state index in [0.29, 0.717) is 23.9 Å². The molecule has 0 saturated carbocycles. The predicted octanol–water partition coefficient (Wildman–Crippen LogP) is 1.97. The van der Waals surface area contributed by atoms with Gasteiger partial charge in [0.2, 0.25) is 5.91 Å². The molecule has 0 radical (unpaired) electrons. The lowest BCUT2D eigenvalue weighted by molar-refractivity contribution is -0.135. The topological polar surface area (TPSA) is 65.5 Å². The maximum absolute atomic E-state index is 12.7. The van der Waals surface area contributed by atoms with Gasteiger partial charge in [-0.05, 0) is 32.6 Å². The van der Waals surface area contributed by atoms with Gasteiger partial charge in [-0.25, -0.2) is 4.98 Å². The zero-order valence-electron chi connectivity index (χ0n) is 13.8. The highest BCUT2D eigenvalue weighted by Crippen LogP contribution is 2.27. The molecule has 2 aliphatic heterocycles. The van der Waals surface area contributed by atoms with Gasteiger partial charge in [-0.3, -0.25) is 9.59 Å². The molecule has 7 heteroatoms. The fourth-order valence-electron chi connectivity index (χ4n) is 3.37. The lowest BCUT2D eigenvalue weighted by atomic mass is 9.95. The zero-order chi connectivity index (χ0) is 16.4. The number of piperidine rings is 1. The molecule has 1 aromatic heterocycles. The maximum atomic E-state index is 12.7. The molecule has 23 heavy (non-hydrogen) atoms. The molecule has 0 aliphatic carbocycles. The summed E-state index contributed by atoms with van der Waals surface area (Å²) < 4.78 is 0. The van der Waals surface area contributed by atoms with Gasteiger partial charge in [0.15, 0.2) is 5.13 Å². The van der Waals surface area contributed by atoms with Gasteiger partial charge >= 0.3 is 0 Å². The monoisotopic (exact) mass is 336 g/mol. The summed E-state index contributed by atoms with van der Waals surface area (Å²) in [4.78, 5) is 34.0. The number of aromatic nitrogens is 1. The van der Waals surface area contributed by atoms with E-state index >= 15 is 0 Å². The van der Waals surface area contributed by atoms with Gasteiger partial charge in [-0.2, -0.15) is 0 Å². The molecule has 2 aliphatic rings. The van der Waals surface area contributed by atoms with Gasteiger partial charge in [0.05, 0.1) is 5.69 Å². The molecular formula is C16H24N4O2S. The third kappa shape index (κ3) is 3.34. The van der Waals surface area contributed by atoms with Crippen LogP contribution in [-0.4, -0.2) is 59.8 Å². The predicted molar refractivity (Wildman–Crippen MR) is 90.8 cm³/mol. The second-order valence-corrected chi connectivity index (χ2v) is 7.28. The highest BCUT2D eigenvalue weighted by atomic mass is 32.1. The Kier molecular flexibility index (Phi) is 4.84. The van der Waals surface area contributed by atoms with E-state index in [-0.39, 0.29) is 11.8 Å². The Morgan fingerprint density at radius 2 is 1.78 bits per heavy atom. The molecule has 2 amide bonds. The van der Waals surface area contributed by atoms with E-state index < -0.39 is 0 Å². The van der Waals surface area contributed by atoms with E-state index in [1.165, 1.54) is 11.3 Å². The highest BCUT2D eigenvalue weighted by Gasteiger charge is 2.32. The second kappa shape index (κ2) is 6.86. The molecule has 3 heterocycles. The van der Waals surface area contributed by atoms with Crippen LogP contribution in [0.5, 0.6) is 0 Å². The normalized spacial score (nSPS) is 19.2. The van der Waals surface area contributed by atoms with Crippen LogP contribution in [0, 0.1) is 12.8 Å². The standard InChI is InChI=1S/C16H24N4O2S/c1-11-13(23-16(17-2)18-11)15(22)20-9-5-12(6-10-20)14(21)19-7-3-4-8-19/h12H,3-10H2,1-2H3,(H,17,18). The van der Waals surface area contributed by atoms with Crippen molar-refractivity contribution >= 4 is 28.3 Å². The van der Waals surface area contributed by atoms with E-state index in [4.69, 9.17) is 0 Å². The van der Waals surface area contributed by atoms with E-state index in [9.17, 15) is 9.59 Å². The Balaban J connectivity index is 1.58. The van der Waals surface area contributed by atoms with Gasteiger partial charge < -0.3 is 15.1 Å². The number of hydrogen-bond acceptors (Lipinski definition) is 5. The number of anilines is 1. The minimum absolute atomic E-state index is 0.0496. The quantitative estimate of drug-likeness (QED) is 0.916. The first kappa shape index (κ1) is 16.2. The number of likely N-dealkylation sites (tertiary alicyclic amines) is 2. The van der Waals surface area contributed by atoms with Crippen LogP contribution in [0.2, 0.25) is 0 Å². The number of amides is 2. The molecule has 2 saturated heterocycles. The molecule has 3 rings (SSSR count). The van der Waals surface area contributed by atoms with Crippen molar-refractivity contribution in [2.45, 2.75) is 32.6 Å². The van der Waals surface area contributed by atoms with Crippen LogP contribution in [0.15, 0.2) is 0 Å². The first-order valence-electron chi connectivity index (χ1n) is 8.33. The third-order valence-electron chi connectivity index (χ3n) is 4.75. The fourth-order valence-corrected chi connectivity index (χ4v) is 4.26. The Hall–Kier alpha value is -1.63. The van der Waals surface area contributed by atoms with E-state index in [0.717, 1.165) is 49.6 Å². The van der Waals surface area contributed by atoms with Crippen molar-refractivity contribution in [3.05, 3.63) is 10.6 Å². The van der Waals surface area contributed by atoms with Crippen LogP contribution in [0.1, 0.15) is 41.0 Å². The average molecular weight is 336 g/mol. The average Bonchev–Trinajstić information content (AvgIpc) is 3.23. The summed E-state index contributed by atoms with van der Waals surface area (Å²) in [5.74, 6) is 0.433. The molecule has 1 aromatic rings. The van der Waals surface area contributed by atoms with Crippen molar-refractivity contribution in [3.8, 4) is 0 Å². The lowest BCUT2D eigenvalue weighted by Crippen LogP contribution is -2.43. The Bertz CT molecular complexity index is 587. The van der Waals surface area contributed by atoms with E-state index in [1.54, 1.807) is 0 Å². The minimum atomic E-state index is 0.0496. The summed E-state index contributed by atoms with van der Waals surface area (Å²) in [7, 11) is 1.81. The van der Waals surface area contributed by atoms with Crippen molar-refractivity contribution in [1.29, 1.82) is 0 Å². The number of nitrogens with zero attached hydrogens (tertiary/aromatic N) is 3. The molecule has 0 aromatic carbocycles. The van der Waals surface area contributed by atoms with Crippen LogP contribution >= 0.6 is 11.3 Å². The molecule has 0 atom stereocenters. The summed E-state index contributed by atoms with van der Waals surface area (Å²) in [5, 5.41) is 3.75. The summed E-state index contributed by atoms with van der Waals surface area (Å²) in [6, 6.07) is 0. The number of hydrogen-bond donors (Lipinski definition) is 1. The third-order valence-corrected chi connectivity index (χ3v) is 5.92. The molecule has 0 spiro atoms. The molecule has 2 fully saturated rings. The molecular weight excluding hydrogens is 312 g/mol.